The number of nitrogens with two attached hydrogens (primary N) is 1. The van der Waals surface area contributed by atoms with Crippen molar-refractivity contribution in [1.29, 1.82) is 0 Å². The van der Waals surface area contributed by atoms with Gasteiger partial charge in [-0.2, -0.15) is 0 Å². The van der Waals surface area contributed by atoms with Crippen molar-refractivity contribution in [3.05, 3.63) is 70.7 Å². The molecule has 2 aromatic rings. The van der Waals surface area contributed by atoms with Crippen molar-refractivity contribution in [1.82, 2.24) is 10.6 Å². The van der Waals surface area contributed by atoms with Crippen molar-refractivity contribution in [2.24, 2.45) is 5.73 Å². The zero-order valence-electron chi connectivity index (χ0n) is 15.7. The molecule has 2 rings (SSSR count). The molecule has 2 aromatic carbocycles. The van der Waals surface area contributed by atoms with Crippen LogP contribution in [0.5, 0.6) is 0 Å². The Balaban J connectivity index is 1.82. The van der Waals surface area contributed by atoms with Gasteiger partial charge in [0.25, 0.3) is 0 Å². The van der Waals surface area contributed by atoms with Crippen LogP contribution in [0.2, 0.25) is 5.02 Å². The van der Waals surface area contributed by atoms with Gasteiger partial charge in [-0.25, -0.2) is 0 Å². The van der Waals surface area contributed by atoms with Gasteiger partial charge in [0.2, 0.25) is 17.7 Å². The normalized spacial score (nSPS) is 12.6. The number of amides is 3. The van der Waals surface area contributed by atoms with Crippen LogP contribution in [0.4, 0.5) is 0 Å². The number of primary amides is 1. The smallest absolute Gasteiger partial charge is 0.240 e. The Morgan fingerprint density at radius 2 is 1.61 bits per heavy atom. The average Bonchev–Trinajstić information content (AvgIpc) is 2.66. The molecule has 0 saturated carbocycles. The Kier molecular flexibility index (Phi) is 8.02. The van der Waals surface area contributed by atoms with E-state index < -0.39 is 17.9 Å². The molecule has 0 aromatic heterocycles. The van der Waals surface area contributed by atoms with Crippen LogP contribution in [0.25, 0.3) is 0 Å². The Bertz CT molecular complexity index is 827. The number of carbonyl (C=O) groups excluding carboxylic acids is 3. The molecular formula is C21H24ClN3O3. The summed E-state index contributed by atoms with van der Waals surface area (Å²) >= 11 is 5.94. The van der Waals surface area contributed by atoms with Crippen LogP contribution in [0.1, 0.15) is 36.9 Å². The second kappa shape index (κ2) is 10.5. The summed E-state index contributed by atoms with van der Waals surface area (Å²) in [4.78, 5) is 35.9. The molecule has 4 N–H and O–H groups in total. The first-order chi connectivity index (χ1) is 13.3. The van der Waals surface area contributed by atoms with Crippen LogP contribution >= 0.6 is 11.6 Å². The predicted octanol–water partition coefficient (Wildman–Crippen LogP) is 2.51. The van der Waals surface area contributed by atoms with Crippen LogP contribution in [-0.4, -0.2) is 23.8 Å². The number of hydrogen-bond acceptors (Lipinski definition) is 3. The highest BCUT2D eigenvalue weighted by Crippen LogP contribution is 2.13. The number of benzene rings is 2. The van der Waals surface area contributed by atoms with Crippen molar-refractivity contribution >= 4 is 29.3 Å². The summed E-state index contributed by atoms with van der Waals surface area (Å²) in [5.41, 5.74) is 7.16. The van der Waals surface area contributed by atoms with Gasteiger partial charge in [0.05, 0.1) is 6.04 Å². The number of rotatable bonds is 9. The van der Waals surface area contributed by atoms with E-state index in [4.69, 9.17) is 17.3 Å². The summed E-state index contributed by atoms with van der Waals surface area (Å²) in [5.74, 6) is -1.29. The van der Waals surface area contributed by atoms with Gasteiger partial charge in [-0.15, -0.1) is 0 Å². The molecule has 148 valence electrons. The number of carbonyl (C=O) groups is 3. The van der Waals surface area contributed by atoms with E-state index in [1.807, 2.05) is 37.3 Å². The molecule has 6 nitrogen and oxygen atoms in total. The van der Waals surface area contributed by atoms with Crippen LogP contribution in [-0.2, 0) is 20.8 Å². The molecule has 3 amide bonds. The van der Waals surface area contributed by atoms with Crippen molar-refractivity contribution in [3.8, 4) is 0 Å². The minimum Gasteiger partial charge on any atom is -0.368 e. The van der Waals surface area contributed by atoms with Crippen LogP contribution in [0.3, 0.4) is 0 Å². The van der Waals surface area contributed by atoms with Crippen LogP contribution in [0, 0.1) is 0 Å². The van der Waals surface area contributed by atoms with E-state index in [1.54, 1.807) is 24.3 Å². The molecule has 0 saturated heterocycles. The predicted molar refractivity (Wildman–Crippen MR) is 109 cm³/mol. The van der Waals surface area contributed by atoms with E-state index in [-0.39, 0.29) is 31.2 Å². The van der Waals surface area contributed by atoms with Crippen molar-refractivity contribution in [2.45, 2.75) is 38.3 Å². The minimum atomic E-state index is -0.864. The van der Waals surface area contributed by atoms with Crippen molar-refractivity contribution in [3.63, 3.8) is 0 Å². The maximum absolute atomic E-state index is 12.2. The first-order valence-corrected chi connectivity index (χ1v) is 9.40. The van der Waals surface area contributed by atoms with Gasteiger partial charge in [0.15, 0.2) is 0 Å². The zero-order valence-corrected chi connectivity index (χ0v) is 16.4. The Morgan fingerprint density at radius 1 is 0.964 bits per heavy atom. The lowest BCUT2D eigenvalue weighted by molar-refractivity contribution is -0.129. The molecule has 2 atom stereocenters. The largest absolute Gasteiger partial charge is 0.368 e. The zero-order chi connectivity index (χ0) is 20.5. The summed E-state index contributed by atoms with van der Waals surface area (Å²) in [5, 5.41) is 5.97. The highest BCUT2D eigenvalue weighted by atomic mass is 35.5. The van der Waals surface area contributed by atoms with Gasteiger partial charge in [0.1, 0.15) is 6.04 Å². The minimum absolute atomic E-state index is 0.0195. The van der Waals surface area contributed by atoms with E-state index in [9.17, 15) is 14.4 Å². The molecule has 0 aliphatic rings. The summed E-state index contributed by atoms with van der Waals surface area (Å²) < 4.78 is 0. The van der Waals surface area contributed by atoms with Gasteiger partial charge in [-0.05, 0) is 30.2 Å². The van der Waals surface area contributed by atoms with E-state index in [0.29, 0.717) is 5.02 Å². The number of nitrogens with one attached hydrogen (secondary N) is 2. The molecule has 0 aliphatic carbocycles. The molecule has 7 heteroatoms. The monoisotopic (exact) mass is 401 g/mol. The number of halogens is 1. The fourth-order valence-electron chi connectivity index (χ4n) is 2.75. The van der Waals surface area contributed by atoms with Gasteiger partial charge in [-0.1, -0.05) is 54.1 Å². The average molecular weight is 402 g/mol. The van der Waals surface area contributed by atoms with Gasteiger partial charge in [0, 0.05) is 24.3 Å². The molecule has 28 heavy (non-hydrogen) atoms. The third-order valence-electron chi connectivity index (χ3n) is 4.26. The maximum Gasteiger partial charge on any atom is 0.240 e. The first-order valence-electron chi connectivity index (χ1n) is 9.02. The van der Waals surface area contributed by atoms with E-state index in [0.717, 1.165) is 11.1 Å². The SMILES string of the molecule is C[C@@H](NC(=O)CCC(=O)N[C@H](Cc1cccc(Cl)c1)C(N)=O)c1ccccc1. The van der Waals surface area contributed by atoms with Crippen LogP contribution < -0.4 is 16.4 Å². The third-order valence-corrected chi connectivity index (χ3v) is 4.50. The van der Waals surface area contributed by atoms with E-state index in [2.05, 4.69) is 10.6 Å². The Hall–Kier alpha value is -2.86. The molecule has 0 bridgehead atoms. The van der Waals surface area contributed by atoms with Gasteiger partial charge >= 0.3 is 0 Å². The molecule has 0 heterocycles. The molecule has 0 aliphatic heterocycles. The van der Waals surface area contributed by atoms with E-state index >= 15 is 0 Å². The lowest BCUT2D eigenvalue weighted by atomic mass is 10.1. The topological polar surface area (TPSA) is 101 Å². The maximum atomic E-state index is 12.2. The quantitative estimate of drug-likeness (QED) is 0.601. The molecule has 0 spiro atoms. The fraction of sp³-hybridized carbons (Fsp3) is 0.286. The second-order valence-electron chi connectivity index (χ2n) is 6.56. The highest BCUT2D eigenvalue weighted by Gasteiger charge is 2.19. The standard InChI is InChI=1S/C21H24ClN3O3/c1-14(16-7-3-2-4-8-16)24-19(26)10-11-20(27)25-18(21(23)28)13-15-6-5-9-17(22)12-15/h2-9,12,14,18H,10-11,13H2,1H3,(H2,23,28)(H,24,26)(H,25,27)/t14-,18-/m1/s1. The summed E-state index contributed by atoms with van der Waals surface area (Å²) in [6, 6.07) is 15.5. The molecule has 0 fully saturated rings. The Morgan fingerprint density at radius 3 is 2.21 bits per heavy atom. The first kappa shape index (κ1) is 21.4. The van der Waals surface area contributed by atoms with E-state index in [1.165, 1.54) is 0 Å². The highest BCUT2D eigenvalue weighted by molar-refractivity contribution is 6.30. The summed E-state index contributed by atoms with van der Waals surface area (Å²) in [6.45, 7) is 1.88. The lowest BCUT2D eigenvalue weighted by Crippen LogP contribution is -2.46. The third kappa shape index (κ3) is 7.04. The second-order valence-corrected chi connectivity index (χ2v) is 6.99. The van der Waals surface area contributed by atoms with Crippen molar-refractivity contribution < 1.29 is 14.4 Å². The molecular weight excluding hydrogens is 378 g/mol. The van der Waals surface area contributed by atoms with Gasteiger partial charge < -0.3 is 16.4 Å². The Labute approximate surface area is 169 Å². The summed E-state index contributed by atoms with van der Waals surface area (Å²) in [7, 11) is 0. The molecule has 0 radical (unpaired) electrons. The van der Waals surface area contributed by atoms with Crippen molar-refractivity contribution in [2.75, 3.05) is 0 Å². The van der Waals surface area contributed by atoms with Gasteiger partial charge in [-0.3, -0.25) is 14.4 Å². The lowest BCUT2D eigenvalue weighted by Gasteiger charge is -2.17. The molecule has 0 unspecified atom stereocenters. The van der Waals surface area contributed by atoms with Crippen LogP contribution in [0.15, 0.2) is 54.6 Å². The number of hydrogen-bond donors (Lipinski definition) is 3. The fourth-order valence-corrected chi connectivity index (χ4v) is 2.97. The summed E-state index contributed by atoms with van der Waals surface area (Å²) in [6.07, 6.45) is 0.219.